The Morgan fingerprint density at radius 1 is 0.651 bits per heavy atom. The molecule has 0 bridgehead atoms. The fraction of sp³-hybridized carbons (Fsp3) is 0.0690. The highest BCUT2D eigenvalue weighted by molar-refractivity contribution is 5.73. The lowest BCUT2D eigenvalue weighted by Crippen LogP contribution is -1.66. The summed E-state index contributed by atoms with van der Waals surface area (Å²) < 4.78 is 8.83. The van der Waals surface area contributed by atoms with Crippen LogP contribution in [0, 0.1) is 6.92 Å². The third kappa shape index (κ3) is 28.5. The number of aromatic nitrogens is 11. The Balaban J connectivity index is 0.000000246. The standard InChI is InChI=1S/C5H5N.C4H4N2.2C4H5N.C3H4N2O.2C3H4N2.C3H3NO/c1-2-4-6-5-3-1;1-2-5-4-6-3-1;2*1-2-4-5-3-1;1-3-4-2-6-5-3;2*1-2-4-5-3-1;1-2-5-3-4-1/h1-5H;1-4H;1-3H,4H2;1-5H;2H,1H3;2*1-3H,(H,4,5);1-3H. The van der Waals surface area contributed by atoms with Crippen molar-refractivity contribution in [2.24, 2.45) is 4.99 Å². The summed E-state index contributed by atoms with van der Waals surface area (Å²) in [6, 6.07) is 15.0. The SMILES string of the molecule is C1=CCN=C1.Cc1ncon1.c1cc[nH]c1.c1ccncc1.c1cn[nH]c1.c1cn[nH]c1.c1cncnc1.c1cocn1. The van der Waals surface area contributed by atoms with E-state index in [-0.39, 0.29) is 0 Å². The van der Waals surface area contributed by atoms with Crippen molar-refractivity contribution in [1.29, 1.82) is 0 Å². The first-order valence-electron chi connectivity index (χ1n) is 12.6. The van der Waals surface area contributed by atoms with Gasteiger partial charge in [0, 0.05) is 68.2 Å². The summed E-state index contributed by atoms with van der Waals surface area (Å²) in [5.74, 6) is 0.676. The molecule has 1 aliphatic rings. The number of aryl methyl sites for hydroxylation is 1. The summed E-state index contributed by atoms with van der Waals surface area (Å²) in [4.78, 5) is 25.0. The van der Waals surface area contributed by atoms with Crippen LogP contribution in [0.25, 0.3) is 0 Å². The molecule has 0 fully saturated rings. The fourth-order valence-corrected chi connectivity index (χ4v) is 1.98. The lowest BCUT2D eigenvalue weighted by molar-refractivity contribution is 0.412. The Bertz CT molecular complexity index is 1110. The maximum absolute atomic E-state index is 4.47. The minimum absolute atomic E-state index is 0.676. The van der Waals surface area contributed by atoms with Gasteiger partial charge in [-0.3, -0.25) is 20.2 Å². The molecule has 0 atom stereocenters. The molecule has 0 saturated heterocycles. The molecule has 0 aliphatic carbocycles. The molecule has 8 rings (SSSR count). The molecule has 222 valence electrons. The number of nitrogens with one attached hydrogen (secondary N) is 3. The van der Waals surface area contributed by atoms with Crippen molar-refractivity contribution >= 4 is 6.21 Å². The maximum Gasteiger partial charge on any atom is 0.213 e. The van der Waals surface area contributed by atoms with Gasteiger partial charge in [-0.2, -0.15) is 15.2 Å². The molecule has 0 aromatic carbocycles. The van der Waals surface area contributed by atoms with Crippen LogP contribution in [-0.4, -0.2) is 68.2 Å². The largest absolute Gasteiger partial charge is 0.452 e. The quantitative estimate of drug-likeness (QED) is 0.218. The average Bonchev–Trinajstić information content (AvgIpc) is 3.96. The van der Waals surface area contributed by atoms with E-state index in [1.807, 2.05) is 67.0 Å². The van der Waals surface area contributed by atoms with Gasteiger partial charge in [0.2, 0.25) is 6.39 Å². The zero-order valence-corrected chi connectivity index (χ0v) is 23.6. The summed E-state index contributed by atoms with van der Waals surface area (Å²) in [5.41, 5.74) is 0. The summed E-state index contributed by atoms with van der Waals surface area (Å²) in [5, 5.41) is 15.8. The molecule has 14 heteroatoms. The van der Waals surface area contributed by atoms with Crippen molar-refractivity contribution in [2.45, 2.75) is 6.92 Å². The van der Waals surface area contributed by atoms with E-state index < -0.39 is 0 Å². The number of rotatable bonds is 0. The molecule has 0 unspecified atom stereocenters. The summed E-state index contributed by atoms with van der Waals surface area (Å²) in [7, 11) is 0. The van der Waals surface area contributed by atoms with Crippen molar-refractivity contribution < 1.29 is 8.94 Å². The van der Waals surface area contributed by atoms with Gasteiger partial charge in [0.05, 0.1) is 12.7 Å². The van der Waals surface area contributed by atoms with Gasteiger partial charge >= 0.3 is 0 Å². The lowest BCUT2D eigenvalue weighted by atomic mass is 10.5. The smallest absolute Gasteiger partial charge is 0.213 e. The van der Waals surface area contributed by atoms with Gasteiger partial charge in [-0.05, 0) is 55.5 Å². The van der Waals surface area contributed by atoms with E-state index in [2.05, 4.69) is 69.4 Å². The van der Waals surface area contributed by atoms with Crippen molar-refractivity contribution in [3.8, 4) is 0 Å². The molecule has 14 nitrogen and oxygen atoms in total. The van der Waals surface area contributed by atoms with Gasteiger partial charge < -0.3 is 13.9 Å². The zero-order chi connectivity index (χ0) is 30.6. The van der Waals surface area contributed by atoms with E-state index in [9.17, 15) is 0 Å². The Kier molecular flexibility index (Phi) is 24.4. The third-order valence-corrected chi connectivity index (χ3v) is 3.71. The number of oxazole rings is 1. The van der Waals surface area contributed by atoms with Gasteiger partial charge in [0.15, 0.2) is 12.2 Å². The molecule has 8 heterocycles. The van der Waals surface area contributed by atoms with Gasteiger partial charge in [-0.15, -0.1) is 0 Å². The van der Waals surface area contributed by atoms with E-state index in [1.165, 1.54) is 25.4 Å². The van der Waals surface area contributed by atoms with Crippen molar-refractivity contribution in [3.63, 3.8) is 0 Å². The normalized spacial score (nSPS) is 9.23. The van der Waals surface area contributed by atoms with Crippen LogP contribution < -0.4 is 0 Å². The van der Waals surface area contributed by atoms with E-state index >= 15 is 0 Å². The molecule has 3 N–H and O–H groups in total. The second-order valence-electron chi connectivity index (χ2n) is 6.94. The molecule has 0 saturated carbocycles. The van der Waals surface area contributed by atoms with Crippen LogP contribution in [-0.2, 0) is 0 Å². The van der Waals surface area contributed by atoms with Crippen molar-refractivity contribution in [2.75, 3.05) is 6.54 Å². The fourth-order valence-electron chi connectivity index (χ4n) is 1.98. The molecule has 43 heavy (non-hydrogen) atoms. The van der Waals surface area contributed by atoms with Crippen LogP contribution >= 0.6 is 0 Å². The second kappa shape index (κ2) is 30.2. The lowest BCUT2D eigenvalue weighted by Gasteiger charge is -1.70. The third-order valence-electron chi connectivity index (χ3n) is 3.71. The number of aliphatic imine (C=N–C) groups is 1. The molecular formula is C29H34N12O2. The molecule has 0 amide bonds. The molecule has 0 radical (unpaired) electrons. The van der Waals surface area contributed by atoms with Gasteiger partial charge in [0.25, 0.3) is 0 Å². The molecular weight excluding hydrogens is 548 g/mol. The van der Waals surface area contributed by atoms with Crippen molar-refractivity contribution in [1.82, 2.24) is 55.5 Å². The zero-order valence-electron chi connectivity index (χ0n) is 23.6. The summed E-state index contributed by atoms with van der Waals surface area (Å²) >= 11 is 0. The van der Waals surface area contributed by atoms with Crippen LogP contribution in [0.5, 0.6) is 0 Å². The Hall–Kier alpha value is -6.31. The first-order valence-corrected chi connectivity index (χ1v) is 12.6. The van der Waals surface area contributed by atoms with Crippen LogP contribution in [0.4, 0.5) is 0 Å². The summed E-state index contributed by atoms with van der Waals surface area (Å²) in [6.07, 6.45) is 30.6. The highest BCUT2D eigenvalue weighted by Gasteiger charge is 1.79. The van der Waals surface area contributed by atoms with Crippen LogP contribution in [0.2, 0.25) is 0 Å². The first-order chi connectivity index (χ1) is 21.4. The molecule has 0 spiro atoms. The van der Waals surface area contributed by atoms with E-state index in [0.717, 1.165) is 6.54 Å². The highest BCUT2D eigenvalue weighted by Crippen LogP contribution is 1.79. The predicted molar refractivity (Wildman–Crippen MR) is 162 cm³/mol. The minimum Gasteiger partial charge on any atom is -0.452 e. The number of hydrogen-bond acceptors (Lipinski definition) is 11. The number of allylic oxidation sites excluding steroid dienone is 1. The number of nitrogens with zero attached hydrogens (tertiary/aromatic N) is 9. The number of H-pyrrole nitrogens is 3. The Morgan fingerprint density at radius 2 is 1.35 bits per heavy atom. The van der Waals surface area contributed by atoms with E-state index in [4.69, 9.17) is 0 Å². The van der Waals surface area contributed by atoms with Crippen LogP contribution in [0.3, 0.4) is 0 Å². The maximum atomic E-state index is 4.47. The number of pyridine rings is 1. The first kappa shape index (κ1) is 34.7. The van der Waals surface area contributed by atoms with E-state index in [0.29, 0.717) is 5.82 Å². The Morgan fingerprint density at radius 3 is 1.51 bits per heavy atom. The van der Waals surface area contributed by atoms with Gasteiger partial charge in [-0.25, -0.2) is 15.0 Å². The van der Waals surface area contributed by atoms with Crippen LogP contribution in [0.15, 0.2) is 168 Å². The predicted octanol–water partition coefficient (Wildman–Crippen LogP) is 5.07. The molecule has 7 aromatic heterocycles. The second-order valence-corrected chi connectivity index (χ2v) is 6.94. The van der Waals surface area contributed by atoms with Crippen molar-refractivity contribution in [3.05, 3.63) is 160 Å². The molecule has 7 aromatic rings. The topological polar surface area (TPSA) is 189 Å². The van der Waals surface area contributed by atoms with Crippen LogP contribution in [0.1, 0.15) is 5.82 Å². The highest BCUT2D eigenvalue weighted by atomic mass is 16.5. The monoisotopic (exact) mass is 582 g/mol. The summed E-state index contributed by atoms with van der Waals surface area (Å²) in [6.45, 7) is 2.66. The Labute approximate surface area is 249 Å². The van der Waals surface area contributed by atoms with Gasteiger partial charge in [0.1, 0.15) is 12.6 Å². The molecule has 1 aliphatic heterocycles. The average molecular weight is 583 g/mol. The minimum atomic E-state index is 0.676. The van der Waals surface area contributed by atoms with Gasteiger partial charge in [-0.1, -0.05) is 17.3 Å². The van der Waals surface area contributed by atoms with E-state index in [1.54, 1.807) is 75.0 Å². The number of hydrogen-bond donors (Lipinski definition) is 3. The number of aromatic amines is 3.